The summed E-state index contributed by atoms with van der Waals surface area (Å²) < 4.78 is 5.87. The first-order chi connectivity index (χ1) is 14.7. The van der Waals surface area contributed by atoms with E-state index in [2.05, 4.69) is 20.5 Å². The Bertz CT molecular complexity index is 1130. The zero-order valence-corrected chi connectivity index (χ0v) is 17.3. The molecule has 1 amide bonds. The SMILES string of the molecule is O=C(CSc1n[nH]c(-c2ccc(Cl)cc2)n1)Nc1ccccc1Oc1ccccc1. The number of benzene rings is 3. The summed E-state index contributed by atoms with van der Waals surface area (Å²) in [6.45, 7) is 0. The molecule has 3 aromatic carbocycles. The topological polar surface area (TPSA) is 79.9 Å². The first-order valence-electron chi connectivity index (χ1n) is 9.10. The Labute approximate surface area is 182 Å². The summed E-state index contributed by atoms with van der Waals surface area (Å²) in [5.74, 6) is 1.88. The molecule has 2 N–H and O–H groups in total. The number of hydrogen-bond donors (Lipinski definition) is 2. The molecule has 6 nitrogen and oxygen atoms in total. The van der Waals surface area contributed by atoms with Gasteiger partial charge in [-0.15, -0.1) is 5.10 Å². The molecule has 30 heavy (non-hydrogen) atoms. The van der Waals surface area contributed by atoms with Crippen molar-refractivity contribution in [1.29, 1.82) is 0 Å². The highest BCUT2D eigenvalue weighted by molar-refractivity contribution is 7.99. The lowest BCUT2D eigenvalue weighted by Gasteiger charge is -2.11. The molecule has 1 heterocycles. The first-order valence-corrected chi connectivity index (χ1v) is 10.5. The van der Waals surface area contributed by atoms with Crippen LogP contribution in [-0.4, -0.2) is 26.8 Å². The van der Waals surface area contributed by atoms with E-state index in [1.54, 1.807) is 18.2 Å². The minimum Gasteiger partial charge on any atom is -0.455 e. The van der Waals surface area contributed by atoms with E-state index in [0.29, 0.717) is 33.2 Å². The van der Waals surface area contributed by atoms with E-state index >= 15 is 0 Å². The van der Waals surface area contributed by atoms with Crippen LogP contribution < -0.4 is 10.1 Å². The Morgan fingerprint density at radius 3 is 2.53 bits per heavy atom. The van der Waals surface area contributed by atoms with Gasteiger partial charge in [0.25, 0.3) is 0 Å². The summed E-state index contributed by atoms with van der Waals surface area (Å²) in [5, 5.41) is 11.1. The second-order valence-corrected chi connectivity index (χ2v) is 7.60. The lowest BCUT2D eigenvalue weighted by molar-refractivity contribution is -0.113. The van der Waals surface area contributed by atoms with Gasteiger partial charge in [-0.1, -0.05) is 53.7 Å². The number of thioether (sulfide) groups is 1. The van der Waals surface area contributed by atoms with Gasteiger partial charge in [0.1, 0.15) is 5.75 Å². The number of rotatable bonds is 7. The Kier molecular flexibility index (Phi) is 6.32. The molecular weight excluding hydrogens is 420 g/mol. The molecule has 0 aliphatic heterocycles. The van der Waals surface area contributed by atoms with Crippen LogP contribution in [0.1, 0.15) is 0 Å². The number of amides is 1. The fourth-order valence-corrected chi connectivity index (χ4v) is 3.36. The van der Waals surface area contributed by atoms with Gasteiger partial charge in [-0.2, -0.15) is 0 Å². The summed E-state index contributed by atoms with van der Waals surface area (Å²) in [4.78, 5) is 16.8. The van der Waals surface area contributed by atoms with Crippen LogP contribution in [0.5, 0.6) is 11.5 Å². The molecule has 0 aliphatic rings. The van der Waals surface area contributed by atoms with Crippen LogP contribution in [0.25, 0.3) is 11.4 Å². The number of halogens is 1. The third kappa shape index (κ3) is 5.20. The van der Waals surface area contributed by atoms with Crippen LogP contribution in [-0.2, 0) is 4.79 Å². The Morgan fingerprint density at radius 2 is 1.73 bits per heavy atom. The zero-order chi connectivity index (χ0) is 20.8. The van der Waals surface area contributed by atoms with Crippen molar-refractivity contribution in [3.63, 3.8) is 0 Å². The monoisotopic (exact) mass is 436 g/mol. The zero-order valence-electron chi connectivity index (χ0n) is 15.7. The molecule has 0 saturated carbocycles. The normalized spacial score (nSPS) is 10.6. The van der Waals surface area contributed by atoms with E-state index in [0.717, 1.165) is 5.56 Å². The van der Waals surface area contributed by atoms with Gasteiger partial charge in [-0.05, 0) is 48.5 Å². The predicted octanol–water partition coefficient (Wildman–Crippen LogP) is 5.65. The highest BCUT2D eigenvalue weighted by atomic mass is 35.5. The number of aromatic amines is 1. The average molecular weight is 437 g/mol. The Balaban J connectivity index is 1.36. The van der Waals surface area contributed by atoms with E-state index in [-0.39, 0.29) is 11.7 Å². The Morgan fingerprint density at radius 1 is 1.00 bits per heavy atom. The van der Waals surface area contributed by atoms with Crippen molar-refractivity contribution in [1.82, 2.24) is 15.2 Å². The number of para-hydroxylation sites is 3. The van der Waals surface area contributed by atoms with Gasteiger partial charge in [0.15, 0.2) is 11.6 Å². The second-order valence-electron chi connectivity index (χ2n) is 6.22. The molecule has 4 aromatic rings. The lowest BCUT2D eigenvalue weighted by Crippen LogP contribution is -2.14. The smallest absolute Gasteiger partial charge is 0.234 e. The summed E-state index contributed by atoms with van der Waals surface area (Å²) in [6, 6.07) is 24.0. The molecule has 4 rings (SSSR count). The van der Waals surface area contributed by atoms with Gasteiger partial charge in [0, 0.05) is 10.6 Å². The largest absolute Gasteiger partial charge is 0.455 e. The molecule has 150 valence electrons. The maximum Gasteiger partial charge on any atom is 0.234 e. The highest BCUT2D eigenvalue weighted by Gasteiger charge is 2.12. The number of ether oxygens (including phenoxy) is 1. The minimum atomic E-state index is -0.179. The molecule has 0 spiro atoms. The van der Waals surface area contributed by atoms with Crippen LogP contribution >= 0.6 is 23.4 Å². The van der Waals surface area contributed by atoms with Crippen molar-refractivity contribution < 1.29 is 9.53 Å². The quantitative estimate of drug-likeness (QED) is 0.366. The van der Waals surface area contributed by atoms with Gasteiger partial charge in [0.2, 0.25) is 11.1 Å². The molecule has 0 bridgehead atoms. The number of hydrogen-bond acceptors (Lipinski definition) is 5. The van der Waals surface area contributed by atoms with Gasteiger partial charge in [0.05, 0.1) is 11.4 Å². The van der Waals surface area contributed by atoms with Crippen LogP contribution in [0.2, 0.25) is 5.02 Å². The van der Waals surface area contributed by atoms with Crippen molar-refractivity contribution in [2.75, 3.05) is 11.1 Å². The van der Waals surface area contributed by atoms with Gasteiger partial charge < -0.3 is 10.1 Å². The first kappa shape index (κ1) is 20.0. The number of carbonyl (C=O) groups is 1. The summed E-state index contributed by atoms with van der Waals surface area (Å²) in [7, 11) is 0. The number of H-pyrrole nitrogens is 1. The summed E-state index contributed by atoms with van der Waals surface area (Å²) in [5.41, 5.74) is 1.47. The fourth-order valence-electron chi connectivity index (χ4n) is 2.64. The van der Waals surface area contributed by atoms with E-state index in [9.17, 15) is 4.79 Å². The molecular formula is C22H17ClN4O2S. The maximum absolute atomic E-state index is 12.4. The maximum atomic E-state index is 12.4. The van der Waals surface area contributed by atoms with Crippen molar-refractivity contribution in [2.45, 2.75) is 5.16 Å². The molecule has 0 saturated heterocycles. The van der Waals surface area contributed by atoms with Crippen molar-refractivity contribution >= 4 is 35.0 Å². The third-order valence-corrected chi connectivity index (χ3v) is 5.15. The molecule has 0 radical (unpaired) electrons. The summed E-state index contributed by atoms with van der Waals surface area (Å²) in [6.07, 6.45) is 0. The molecule has 0 unspecified atom stereocenters. The highest BCUT2D eigenvalue weighted by Crippen LogP contribution is 2.29. The molecule has 0 fully saturated rings. The van der Waals surface area contributed by atoms with E-state index in [1.165, 1.54) is 11.8 Å². The van der Waals surface area contributed by atoms with E-state index in [4.69, 9.17) is 16.3 Å². The van der Waals surface area contributed by atoms with Crippen LogP contribution in [0.4, 0.5) is 5.69 Å². The van der Waals surface area contributed by atoms with Gasteiger partial charge >= 0.3 is 0 Å². The molecule has 0 aliphatic carbocycles. The molecule has 0 atom stereocenters. The van der Waals surface area contributed by atoms with Gasteiger partial charge in [-0.25, -0.2) is 4.98 Å². The fraction of sp³-hybridized carbons (Fsp3) is 0.0455. The van der Waals surface area contributed by atoms with Crippen LogP contribution in [0.15, 0.2) is 84.0 Å². The lowest BCUT2D eigenvalue weighted by atomic mass is 10.2. The summed E-state index contributed by atoms with van der Waals surface area (Å²) >= 11 is 7.15. The number of nitrogens with one attached hydrogen (secondary N) is 2. The number of aromatic nitrogens is 3. The number of carbonyl (C=O) groups excluding carboxylic acids is 1. The van der Waals surface area contributed by atoms with E-state index in [1.807, 2.05) is 60.7 Å². The van der Waals surface area contributed by atoms with Crippen molar-refractivity contribution in [3.8, 4) is 22.9 Å². The van der Waals surface area contributed by atoms with Crippen LogP contribution in [0.3, 0.4) is 0 Å². The standard InChI is InChI=1S/C22H17ClN4O2S/c23-16-12-10-15(11-13-16)21-25-22(27-26-21)30-14-20(28)24-18-8-4-5-9-19(18)29-17-6-2-1-3-7-17/h1-13H,14H2,(H,24,28)(H,25,26,27). The van der Waals surface area contributed by atoms with Crippen molar-refractivity contribution in [3.05, 3.63) is 83.9 Å². The minimum absolute atomic E-state index is 0.164. The molecule has 1 aromatic heterocycles. The average Bonchev–Trinajstić information content (AvgIpc) is 3.24. The van der Waals surface area contributed by atoms with E-state index < -0.39 is 0 Å². The second kappa shape index (κ2) is 9.47. The van der Waals surface area contributed by atoms with Crippen LogP contribution in [0, 0.1) is 0 Å². The number of anilines is 1. The third-order valence-electron chi connectivity index (χ3n) is 4.05. The predicted molar refractivity (Wildman–Crippen MR) is 119 cm³/mol. The van der Waals surface area contributed by atoms with Gasteiger partial charge in [-0.3, -0.25) is 9.89 Å². The number of nitrogens with zero attached hydrogens (tertiary/aromatic N) is 2. The Hall–Kier alpha value is -3.29. The van der Waals surface area contributed by atoms with Crippen molar-refractivity contribution in [2.24, 2.45) is 0 Å². The molecule has 8 heteroatoms.